The molecule has 4 rings (SSSR count). The molecule has 0 bridgehead atoms. The number of aromatic amines is 2. The standard InChI is InChI=1S/C19H17N3O2/c1-12-16(18(23)21-20-12)17-14-9-5-6-10-15(14)19(24)22(17)11-13-7-3-2-4-8-13/h2-10,17H,11H2,1H3,(H2,20,21,23). The fourth-order valence-corrected chi connectivity index (χ4v) is 3.41. The molecule has 0 aliphatic carbocycles. The maximum absolute atomic E-state index is 12.9. The number of rotatable bonds is 3. The van der Waals surface area contributed by atoms with Crippen LogP contribution in [-0.2, 0) is 6.54 Å². The summed E-state index contributed by atoms with van der Waals surface area (Å²) in [5.74, 6) is -0.0422. The second kappa shape index (κ2) is 5.53. The lowest BCUT2D eigenvalue weighted by Gasteiger charge is -2.25. The number of carbonyl (C=O) groups excluding carboxylic acids is 1. The summed E-state index contributed by atoms with van der Waals surface area (Å²) < 4.78 is 0. The number of hydrogen-bond acceptors (Lipinski definition) is 2. The smallest absolute Gasteiger partial charge is 0.269 e. The highest BCUT2D eigenvalue weighted by Gasteiger charge is 2.39. The number of fused-ring (bicyclic) bond motifs is 1. The minimum Gasteiger partial charge on any atom is -0.323 e. The van der Waals surface area contributed by atoms with Gasteiger partial charge in [-0.1, -0.05) is 48.5 Å². The number of amides is 1. The lowest BCUT2D eigenvalue weighted by Crippen LogP contribution is -2.30. The molecule has 0 fully saturated rings. The molecule has 2 aromatic carbocycles. The van der Waals surface area contributed by atoms with Gasteiger partial charge in [-0.15, -0.1) is 0 Å². The second-order valence-corrected chi connectivity index (χ2v) is 6.03. The summed E-state index contributed by atoms with van der Waals surface area (Å²) in [5.41, 5.74) is 3.76. The highest BCUT2D eigenvalue weighted by molar-refractivity contribution is 5.99. The van der Waals surface area contributed by atoms with Gasteiger partial charge >= 0.3 is 0 Å². The van der Waals surface area contributed by atoms with E-state index in [1.54, 1.807) is 4.90 Å². The number of H-pyrrole nitrogens is 2. The molecular formula is C19H17N3O2. The van der Waals surface area contributed by atoms with Crippen LogP contribution in [0.25, 0.3) is 0 Å². The van der Waals surface area contributed by atoms with Gasteiger partial charge in [-0.25, -0.2) is 0 Å². The van der Waals surface area contributed by atoms with E-state index < -0.39 is 0 Å². The van der Waals surface area contributed by atoms with Crippen molar-refractivity contribution in [1.82, 2.24) is 15.1 Å². The van der Waals surface area contributed by atoms with Crippen molar-refractivity contribution in [2.45, 2.75) is 19.5 Å². The van der Waals surface area contributed by atoms with E-state index in [0.717, 1.165) is 16.8 Å². The Balaban J connectivity index is 1.85. The molecule has 120 valence electrons. The van der Waals surface area contributed by atoms with Gasteiger partial charge in [0.2, 0.25) is 0 Å². The van der Waals surface area contributed by atoms with Crippen LogP contribution in [0.1, 0.15) is 38.8 Å². The largest absolute Gasteiger partial charge is 0.323 e. The van der Waals surface area contributed by atoms with Crippen LogP contribution >= 0.6 is 0 Å². The third-order valence-corrected chi connectivity index (χ3v) is 4.54. The molecule has 1 aromatic heterocycles. The van der Waals surface area contributed by atoms with Gasteiger partial charge in [-0.3, -0.25) is 14.7 Å². The predicted octanol–water partition coefficient (Wildman–Crippen LogP) is 2.76. The van der Waals surface area contributed by atoms with Crippen LogP contribution in [0.3, 0.4) is 0 Å². The summed E-state index contributed by atoms with van der Waals surface area (Å²) in [4.78, 5) is 27.0. The minimum absolute atomic E-state index is 0.0422. The molecule has 24 heavy (non-hydrogen) atoms. The van der Waals surface area contributed by atoms with Crippen molar-refractivity contribution in [3.63, 3.8) is 0 Å². The van der Waals surface area contributed by atoms with E-state index >= 15 is 0 Å². The molecule has 5 heteroatoms. The zero-order chi connectivity index (χ0) is 16.7. The predicted molar refractivity (Wildman–Crippen MR) is 90.8 cm³/mol. The van der Waals surface area contributed by atoms with E-state index in [1.165, 1.54) is 0 Å². The third kappa shape index (κ3) is 2.17. The molecule has 0 saturated carbocycles. The summed E-state index contributed by atoms with van der Waals surface area (Å²) in [5, 5.41) is 5.49. The third-order valence-electron chi connectivity index (χ3n) is 4.54. The summed E-state index contributed by atoms with van der Waals surface area (Å²) in [6, 6.07) is 17.0. The quantitative estimate of drug-likeness (QED) is 0.779. The Bertz CT molecular complexity index is 956. The zero-order valence-electron chi connectivity index (χ0n) is 13.2. The van der Waals surface area contributed by atoms with Crippen molar-refractivity contribution in [2.75, 3.05) is 0 Å². The molecule has 0 spiro atoms. The van der Waals surface area contributed by atoms with Crippen molar-refractivity contribution >= 4 is 5.91 Å². The summed E-state index contributed by atoms with van der Waals surface area (Å²) in [6.45, 7) is 2.31. The SMILES string of the molecule is Cc1[nH][nH]c(=O)c1C1c2ccccc2C(=O)N1Cc1ccccc1. The average molecular weight is 319 g/mol. The van der Waals surface area contributed by atoms with Crippen molar-refractivity contribution in [3.8, 4) is 0 Å². The van der Waals surface area contributed by atoms with Crippen LogP contribution in [0.4, 0.5) is 0 Å². The monoisotopic (exact) mass is 319 g/mol. The highest BCUT2D eigenvalue weighted by atomic mass is 16.2. The molecule has 1 aliphatic rings. The summed E-state index contributed by atoms with van der Waals surface area (Å²) in [7, 11) is 0. The van der Waals surface area contributed by atoms with Gasteiger partial charge < -0.3 is 10.00 Å². The number of benzene rings is 2. The number of nitrogens with zero attached hydrogens (tertiary/aromatic N) is 1. The lowest BCUT2D eigenvalue weighted by atomic mass is 9.98. The molecule has 3 aromatic rings. The zero-order valence-corrected chi connectivity index (χ0v) is 13.2. The molecule has 2 heterocycles. The van der Waals surface area contributed by atoms with Crippen LogP contribution in [0.15, 0.2) is 59.4 Å². The summed E-state index contributed by atoms with van der Waals surface area (Å²) in [6.07, 6.45) is 0. The molecule has 5 nitrogen and oxygen atoms in total. The Morgan fingerprint density at radius 3 is 2.38 bits per heavy atom. The van der Waals surface area contributed by atoms with Crippen LogP contribution in [0, 0.1) is 6.92 Å². The van der Waals surface area contributed by atoms with Crippen molar-refractivity contribution in [1.29, 1.82) is 0 Å². The molecular weight excluding hydrogens is 302 g/mol. The van der Waals surface area contributed by atoms with Gasteiger partial charge in [-0.05, 0) is 24.1 Å². The van der Waals surface area contributed by atoms with E-state index in [0.29, 0.717) is 17.7 Å². The average Bonchev–Trinajstić information content (AvgIpc) is 3.07. The fraction of sp³-hybridized carbons (Fsp3) is 0.158. The Labute approximate surface area is 138 Å². The highest BCUT2D eigenvalue weighted by Crippen LogP contribution is 2.38. The minimum atomic E-state index is -0.371. The van der Waals surface area contributed by atoms with E-state index in [9.17, 15) is 9.59 Å². The Kier molecular flexibility index (Phi) is 3.34. The molecule has 0 saturated heterocycles. The first kappa shape index (κ1) is 14.5. The van der Waals surface area contributed by atoms with Gasteiger partial charge in [0, 0.05) is 17.8 Å². The van der Waals surface area contributed by atoms with E-state index in [4.69, 9.17) is 0 Å². The molecule has 1 aliphatic heterocycles. The Morgan fingerprint density at radius 1 is 0.958 bits per heavy atom. The lowest BCUT2D eigenvalue weighted by molar-refractivity contribution is 0.0735. The van der Waals surface area contributed by atoms with Crippen molar-refractivity contribution in [2.24, 2.45) is 0 Å². The van der Waals surface area contributed by atoms with Crippen LogP contribution in [-0.4, -0.2) is 21.0 Å². The van der Waals surface area contributed by atoms with Crippen LogP contribution in [0.2, 0.25) is 0 Å². The molecule has 1 unspecified atom stereocenters. The van der Waals surface area contributed by atoms with Gasteiger partial charge in [-0.2, -0.15) is 0 Å². The number of aromatic nitrogens is 2. The fourth-order valence-electron chi connectivity index (χ4n) is 3.41. The number of aryl methyl sites for hydroxylation is 1. The Morgan fingerprint density at radius 2 is 1.67 bits per heavy atom. The normalized spacial score (nSPS) is 16.5. The first-order valence-corrected chi connectivity index (χ1v) is 7.88. The van der Waals surface area contributed by atoms with Gasteiger partial charge in [0.25, 0.3) is 11.5 Å². The van der Waals surface area contributed by atoms with Crippen molar-refractivity contribution in [3.05, 3.63) is 92.9 Å². The van der Waals surface area contributed by atoms with E-state index in [2.05, 4.69) is 10.2 Å². The van der Waals surface area contributed by atoms with E-state index in [-0.39, 0.29) is 17.5 Å². The Hall–Kier alpha value is -3.08. The van der Waals surface area contributed by atoms with Crippen molar-refractivity contribution < 1.29 is 4.79 Å². The molecule has 1 atom stereocenters. The van der Waals surface area contributed by atoms with Gasteiger partial charge in [0.15, 0.2) is 0 Å². The first-order chi connectivity index (χ1) is 11.7. The summed E-state index contributed by atoms with van der Waals surface area (Å²) >= 11 is 0. The molecule has 1 amide bonds. The number of nitrogens with one attached hydrogen (secondary N) is 2. The number of carbonyl (C=O) groups is 1. The van der Waals surface area contributed by atoms with E-state index in [1.807, 2.05) is 61.5 Å². The van der Waals surface area contributed by atoms with Crippen LogP contribution < -0.4 is 5.56 Å². The maximum atomic E-state index is 12.9. The van der Waals surface area contributed by atoms with Gasteiger partial charge in [0.05, 0.1) is 11.6 Å². The number of hydrogen-bond donors (Lipinski definition) is 2. The first-order valence-electron chi connectivity index (χ1n) is 7.88. The molecule has 0 radical (unpaired) electrons. The van der Waals surface area contributed by atoms with Gasteiger partial charge in [0.1, 0.15) is 0 Å². The topological polar surface area (TPSA) is 69.0 Å². The molecule has 2 N–H and O–H groups in total. The van der Waals surface area contributed by atoms with Crippen LogP contribution in [0.5, 0.6) is 0 Å². The second-order valence-electron chi connectivity index (χ2n) is 6.03. The maximum Gasteiger partial charge on any atom is 0.269 e.